The highest BCUT2D eigenvalue weighted by molar-refractivity contribution is 8.00. The van der Waals surface area contributed by atoms with Crippen LogP contribution in [0.3, 0.4) is 0 Å². The van der Waals surface area contributed by atoms with Gasteiger partial charge in [0.1, 0.15) is 0 Å². The van der Waals surface area contributed by atoms with Crippen molar-refractivity contribution >= 4 is 11.8 Å². The molecule has 1 aromatic rings. The molecule has 1 aliphatic rings. The van der Waals surface area contributed by atoms with E-state index in [1.807, 2.05) is 0 Å². The monoisotopic (exact) mass is 278 g/mol. The van der Waals surface area contributed by atoms with Crippen molar-refractivity contribution in [3.8, 4) is 0 Å². The van der Waals surface area contributed by atoms with E-state index in [-0.39, 0.29) is 0 Å². The second kappa shape index (κ2) is 6.29. The van der Waals surface area contributed by atoms with Gasteiger partial charge in [0.2, 0.25) is 0 Å². The molecular formula is C16H26N2S. The van der Waals surface area contributed by atoms with Crippen molar-refractivity contribution in [1.82, 2.24) is 4.90 Å². The molecule has 0 radical (unpaired) electrons. The molecule has 1 fully saturated rings. The van der Waals surface area contributed by atoms with Crippen LogP contribution >= 0.6 is 11.8 Å². The average Bonchev–Trinajstić information content (AvgIpc) is 2.39. The van der Waals surface area contributed by atoms with E-state index in [1.165, 1.54) is 22.4 Å². The van der Waals surface area contributed by atoms with Gasteiger partial charge >= 0.3 is 0 Å². The SMILES string of the molecule is Cc1ccc(C(CN)N2CCSC(C)C2C)cc1C. The Balaban J connectivity index is 2.25. The second-order valence-electron chi connectivity index (χ2n) is 5.65. The molecule has 0 aromatic heterocycles. The van der Waals surface area contributed by atoms with Crippen molar-refractivity contribution in [1.29, 1.82) is 0 Å². The van der Waals surface area contributed by atoms with Crippen LogP contribution in [-0.4, -0.2) is 35.0 Å². The first-order chi connectivity index (χ1) is 9.04. The number of hydrogen-bond acceptors (Lipinski definition) is 3. The summed E-state index contributed by atoms with van der Waals surface area (Å²) in [6.07, 6.45) is 0. The molecule has 2 rings (SSSR count). The molecule has 1 heterocycles. The summed E-state index contributed by atoms with van der Waals surface area (Å²) in [5, 5.41) is 0.689. The third-order valence-electron chi connectivity index (χ3n) is 4.47. The zero-order valence-electron chi connectivity index (χ0n) is 12.5. The number of aryl methyl sites for hydroxylation is 2. The first kappa shape index (κ1) is 14.9. The zero-order chi connectivity index (χ0) is 14.0. The predicted octanol–water partition coefficient (Wildman–Crippen LogP) is 3.13. The van der Waals surface area contributed by atoms with Crippen LogP contribution in [0.2, 0.25) is 0 Å². The molecule has 3 atom stereocenters. The Bertz CT molecular complexity index is 433. The lowest BCUT2D eigenvalue weighted by Gasteiger charge is -2.42. The molecule has 0 bridgehead atoms. The van der Waals surface area contributed by atoms with Crippen molar-refractivity contribution in [3.05, 3.63) is 34.9 Å². The van der Waals surface area contributed by atoms with Gasteiger partial charge in [-0.25, -0.2) is 0 Å². The fourth-order valence-corrected chi connectivity index (χ4v) is 3.95. The lowest BCUT2D eigenvalue weighted by molar-refractivity contribution is 0.150. The Hall–Kier alpha value is -0.510. The summed E-state index contributed by atoms with van der Waals surface area (Å²) in [7, 11) is 0. The highest BCUT2D eigenvalue weighted by atomic mass is 32.2. The van der Waals surface area contributed by atoms with E-state index in [9.17, 15) is 0 Å². The van der Waals surface area contributed by atoms with Gasteiger partial charge in [-0.15, -0.1) is 0 Å². The molecule has 3 heteroatoms. The molecule has 2 N–H and O–H groups in total. The summed E-state index contributed by atoms with van der Waals surface area (Å²) >= 11 is 2.08. The average molecular weight is 278 g/mol. The molecule has 2 nitrogen and oxygen atoms in total. The molecule has 19 heavy (non-hydrogen) atoms. The van der Waals surface area contributed by atoms with Crippen molar-refractivity contribution < 1.29 is 0 Å². The molecular weight excluding hydrogens is 252 g/mol. The maximum absolute atomic E-state index is 6.08. The van der Waals surface area contributed by atoms with Gasteiger partial charge in [0.25, 0.3) is 0 Å². The van der Waals surface area contributed by atoms with E-state index in [2.05, 4.69) is 62.6 Å². The van der Waals surface area contributed by atoms with Crippen LogP contribution in [0.25, 0.3) is 0 Å². The van der Waals surface area contributed by atoms with Crippen molar-refractivity contribution in [2.45, 2.75) is 45.0 Å². The molecule has 0 amide bonds. The van der Waals surface area contributed by atoms with Gasteiger partial charge in [-0.2, -0.15) is 11.8 Å². The Morgan fingerprint density at radius 3 is 2.68 bits per heavy atom. The van der Waals surface area contributed by atoms with E-state index in [1.54, 1.807) is 0 Å². The summed E-state index contributed by atoms with van der Waals surface area (Å²) in [6, 6.07) is 7.73. The minimum Gasteiger partial charge on any atom is -0.329 e. The van der Waals surface area contributed by atoms with Crippen LogP contribution in [0.15, 0.2) is 18.2 Å². The smallest absolute Gasteiger partial charge is 0.0474 e. The Labute approximate surface area is 121 Å². The van der Waals surface area contributed by atoms with Crippen molar-refractivity contribution in [2.75, 3.05) is 18.8 Å². The largest absolute Gasteiger partial charge is 0.329 e. The lowest BCUT2D eigenvalue weighted by Crippen LogP contribution is -2.48. The van der Waals surface area contributed by atoms with E-state index in [0.29, 0.717) is 23.9 Å². The van der Waals surface area contributed by atoms with Gasteiger partial charge < -0.3 is 5.73 Å². The van der Waals surface area contributed by atoms with Gasteiger partial charge in [-0.05, 0) is 37.5 Å². The maximum Gasteiger partial charge on any atom is 0.0474 e. The number of rotatable bonds is 3. The van der Waals surface area contributed by atoms with Crippen LogP contribution in [0.5, 0.6) is 0 Å². The molecule has 0 spiro atoms. The van der Waals surface area contributed by atoms with Gasteiger partial charge in [0.15, 0.2) is 0 Å². The standard InChI is InChI=1S/C16H26N2S/c1-11-5-6-15(9-12(11)2)16(10-17)18-7-8-19-14(4)13(18)3/h5-6,9,13-14,16H,7-8,10,17H2,1-4H3. The summed E-state index contributed by atoms with van der Waals surface area (Å²) in [4.78, 5) is 2.59. The predicted molar refractivity (Wildman–Crippen MR) is 85.8 cm³/mol. The molecule has 1 aliphatic heterocycles. The highest BCUT2D eigenvalue weighted by Gasteiger charge is 2.30. The fourth-order valence-electron chi connectivity index (χ4n) is 2.83. The second-order valence-corrected chi connectivity index (χ2v) is 7.13. The normalized spacial score (nSPS) is 26.4. The fraction of sp³-hybridized carbons (Fsp3) is 0.625. The summed E-state index contributed by atoms with van der Waals surface area (Å²) < 4.78 is 0. The number of hydrogen-bond donors (Lipinski definition) is 1. The van der Waals surface area contributed by atoms with Gasteiger partial charge in [0, 0.05) is 36.2 Å². The van der Waals surface area contributed by atoms with Crippen LogP contribution in [0.4, 0.5) is 0 Å². The maximum atomic E-state index is 6.08. The minimum atomic E-state index is 0.359. The first-order valence-electron chi connectivity index (χ1n) is 7.19. The molecule has 1 aromatic carbocycles. The van der Waals surface area contributed by atoms with Crippen LogP contribution < -0.4 is 5.73 Å². The van der Waals surface area contributed by atoms with E-state index < -0.39 is 0 Å². The zero-order valence-corrected chi connectivity index (χ0v) is 13.3. The quantitative estimate of drug-likeness (QED) is 0.921. The molecule has 1 saturated heterocycles. The molecule has 106 valence electrons. The lowest BCUT2D eigenvalue weighted by atomic mass is 9.98. The highest BCUT2D eigenvalue weighted by Crippen LogP contribution is 2.31. The Kier molecular flexibility index (Phi) is 4.93. The summed E-state index contributed by atoms with van der Waals surface area (Å²) in [5.74, 6) is 1.22. The van der Waals surface area contributed by atoms with Crippen LogP contribution in [-0.2, 0) is 0 Å². The number of thioether (sulfide) groups is 1. The van der Waals surface area contributed by atoms with E-state index in [0.717, 1.165) is 6.54 Å². The molecule has 0 aliphatic carbocycles. The minimum absolute atomic E-state index is 0.359. The topological polar surface area (TPSA) is 29.3 Å². The molecule has 0 saturated carbocycles. The number of nitrogens with two attached hydrogens (primary N) is 1. The van der Waals surface area contributed by atoms with Gasteiger partial charge in [0.05, 0.1) is 0 Å². The van der Waals surface area contributed by atoms with Crippen molar-refractivity contribution in [3.63, 3.8) is 0 Å². The van der Waals surface area contributed by atoms with Crippen LogP contribution in [0.1, 0.15) is 36.6 Å². The van der Waals surface area contributed by atoms with E-state index in [4.69, 9.17) is 5.73 Å². The first-order valence-corrected chi connectivity index (χ1v) is 8.24. The number of benzene rings is 1. The third kappa shape index (κ3) is 3.15. The van der Waals surface area contributed by atoms with Gasteiger partial charge in [-0.3, -0.25) is 4.90 Å². The molecule has 3 unspecified atom stereocenters. The number of nitrogens with zero attached hydrogens (tertiary/aromatic N) is 1. The Morgan fingerprint density at radius 1 is 1.32 bits per heavy atom. The van der Waals surface area contributed by atoms with Gasteiger partial charge in [-0.1, -0.05) is 25.1 Å². The summed E-state index contributed by atoms with van der Waals surface area (Å²) in [5.41, 5.74) is 10.2. The Morgan fingerprint density at radius 2 is 2.05 bits per heavy atom. The van der Waals surface area contributed by atoms with E-state index >= 15 is 0 Å². The van der Waals surface area contributed by atoms with Crippen LogP contribution in [0, 0.1) is 13.8 Å². The van der Waals surface area contributed by atoms with Crippen molar-refractivity contribution in [2.24, 2.45) is 5.73 Å². The third-order valence-corrected chi connectivity index (χ3v) is 5.81. The summed E-state index contributed by atoms with van der Waals surface area (Å²) in [6.45, 7) is 10.9.